The smallest absolute Gasteiger partial charge is 0.294 e. The Morgan fingerprint density at radius 1 is 0.625 bits per heavy atom. The minimum Gasteiger partial charge on any atom is -0.507 e. The second-order valence-electron chi connectivity index (χ2n) is 8.22. The molecule has 40 heavy (non-hydrogen) atoms. The summed E-state index contributed by atoms with van der Waals surface area (Å²) in [5.41, 5.74) is -0.800. The van der Waals surface area contributed by atoms with Crippen LogP contribution in [0.15, 0.2) is 85.6 Å². The number of hydrogen-bond donors (Lipinski definition) is 7. The van der Waals surface area contributed by atoms with E-state index in [4.69, 9.17) is 10.3 Å². The lowest BCUT2D eigenvalue weighted by molar-refractivity contribution is 0.471. The lowest BCUT2D eigenvalue weighted by atomic mass is 10.1. The molecule has 0 amide bonds. The number of sulfonamides is 2. The fourth-order valence-corrected chi connectivity index (χ4v) is 5.16. The van der Waals surface area contributed by atoms with Crippen LogP contribution in [0.5, 0.6) is 17.2 Å². The molecule has 0 aliphatic heterocycles. The summed E-state index contributed by atoms with van der Waals surface area (Å²) in [6.45, 7) is 0. The number of hydrogen-bond acceptors (Lipinski definition) is 12. The van der Waals surface area contributed by atoms with Gasteiger partial charge in [0.25, 0.3) is 10.1 Å². The molecule has 0 aliphatic carbocycles. The van der Waals surface area contributed by atoms with E-state index < -0.39 is 57.2 Å². The first-order chi connectivity index (χ1) is 18.4. The van der Waals surface area contributed by atoms with Gasteiger partial charge in [-0.25, -0.2) is 27.1 Å². The number of anilines is 2. The first-order valence-electron chi connectivity index (χ1n) is 10.6. The fourth-order valence-electron chi connectivity index (χ4n) is 3.55. The summed E-state index contributed by atoms with van der Waals surface area (Å²) in [5, 5.41) is 51.9. The van der Waals surface area contributed by atoms with Gasteiger partial charge in [-0.15, -0.1) is 10.2 Å². The molecule has 18 heteroatoms. The molecule has 0 atom stereocenters. The topological polar surface area (TPSA) is 272 Å². The number of primary sulfonamides is 2. The summed E-state index contributed by atoms with van der Waals surface area (Å²) >= 11 is 0. The third kappa shape index (κ3) is 5.96. The SMILES string of the molecule is NS(=O)(=O)c1ccc(O)c(N=Nc2c(Nc3cc(S(N)(=O)=O)ccc3O)ccc3cc(S(=O)(=O)O)cc(O)c23)c1. The quantitative estimate of drug-likeness (QED) is 0.0908. The van der Waals surface area contributed by atoms with Gasteiger partial charge in [0, 0.05) is 6.07 Å². The molecule has 0 aliphatic rings. The Balaban J connectivity index is 1.97. The Morgan fingerprint density at radius 2 is 1.23 bits per heavy atom. The molecule has 0 heterocycles. The van der Waals surface area contributed by atoms with E-state index in [0.29, 0.717) is 0 Å². The van der Waals surface area contributed by atoms with E-state index in [-0.39, 0.29) is 38.4 Å². The van der Waals surface area contributed by atoms with E-state index in [2.05, 4.69) is 15.5 Å². The number of azo groups is 1. The Morgan fingerprint density at radius 3 is 1.82 bits per heavy atom. The zero-order valence-corrected chi connectivity index (χ0v) is 22.2. The van der Waals surface area contributed by atoms with E-state index >= 15 is 0 Å². The molecule has 4 rings (SSSR count). The van der Waals surface area contributed by atoms with E-state index in [9.17, 15) is 45.1 Å². The molecule has 0 saturated heterocycles. The second kappa shape index (κ2) is 10.0. The molecular weight excluding hydrogens is 590 g/mol. The first kappa shape index (κ1) is 28.7. The van der Waals surface area contributed by atoms with Crippen LogP contribution in [0, 0.1) is 0 Å². The van der Waals surface area contributed by atoms with Gasteiger partial charge in [-0.2, -0.15) is 8.42 Å². The van der Waals surface area contributed by atoms with Crippen LogP contribution in [-0.2, 0) is 30.2 Å². The lowest BCUT2D eigenvalue weighted by Gasteiger charge is -2.15. The maximum absolute atomic E-state index is 11.8. The number of rotatable bonds is 7. The van der Waals surface area contributed by atoms with Gasteiger partial charge in [-0.1, -0.05) is 6.07 Å². The number of phenolic OH excluding ortho intramolecular Hbond substituents is 3. The number of phenols is 3. The van der Waals surface area contributed by atoms with Crippen molar-refractivity contribution in [3.63, 3.8) is 0 Å². The molecule has 0 unspecified atom stereocenters. The summed E-state index contributed by atoms with van der Waals surface area (Å²) in [7, 11) is -13.1. The molecular formula is C22H19N5O10S3. The van der Waals surface area contributed by atoms with Crippen LogP contribution < -0.4 is 15.6 Å². The minimum atomic E-state index is -4.73. The number of aromatic hydroxyl groups is 3. The number of nitrogens with zero attached hydrogens (tertiary/aromatic N) is 2. The zero-order valence-electron chi connectivity index (χ0n) is 19.8. The highest BCUT2D eigenvalue weighted by atomic mass is 32.2. The number of nitrogens with one attached hydrogen (secondary N) is 1. The lowest BCUT2D eigenvalue weighted by Crippen LogP contribution is -2.12. The average Bonchev–Trinajstić information content (AvgIpc) is 2.83. The van der Waals surface area contributed by atoms with Crippen LogP contribution in [0.25, 0.3) is 10.8 Å². The summed E-state index contributed by atoms with van der Waals surface area (Å²) in [4.78, 5) is -1.40. The third-order valence-corrected chi connectivity index (χ3v) is 8.09. The van der Waals surface area contributed by atoms with Crippen molar-refractivity contribution in [2.45, 2.75) is 14.7 Å². The van der Waals surface area contributed by atoms with Gasteiger partial charge in [0.2, 0.25) is 20.0 Å². The van der Waals surface area contributed by atoms with Crippen LogP contribution in [0.3, 0.4) is 0 Å². The van der Waals surface area contributed by atoms with Crippen LogP contribution in [0.2, 0.25) is 0 Å². The zero-order chi connectivity index (χ0) is 29.6. The van der Waals surface area contributed by atoms with Gasteiger partial charge in [0.15, 0.2) is 0 Å². The van der Waals surface area contributed by atoms with Gasteiger partial charge in [0.05, 0.1) is 31.4 Å². The maximum Gasteiger partial charge on any atom is 0.294 e. The van der Waals surface area contributed by atoms with Gasteiger partial charge in [0.1, 0.15) is 28.6 Å². The average molecular weight is 610 g/mol. The minimum absolute atomic E-state index is 0.0323. The number of fused-ring (bicyclic) bond motifs is 1. The molecule has 0 radical (unpaired) electrons. The highest BCUT2D eigenvalue weighted by molar-refractivity contribution is 7.89. The van der Waals surface area contributed by atoms with Crippen molar-refractivity contribution in [1.29, 1.82) is 0 Å². The molecule has 210 valence electrons. The normalized spacial score (nSPS) is 12.7. The number of nitrogens with two attached hydrogens (primary N) is 2. The van der Waals surface area contributed by atoms with Crippen LogP contribution in [0.4, 0.5) is 22.7 Å². The monoisotopic (exact) mass is 609 g/mol. The molecule has 4 aromatic rings. The second-order valence-corrected chi connectivity index (χ2v) is 12.8. The summed E-state index contributed by atoms with van der Waals surface area (Å²) < 4.78 is 79.8. The molecule has 0 aromatic heterocycles. The largest absolute Gasteiger partial charge is 0.507 e. The van der Waals surface area contributed by atoms with Crippen LogP contribution in [0.1, 0.15) is 0 Å². The standard InChI is InChI=1S/C22H19N5O10S3/c23-38(31,32)12-2-5-18(28)16(8-12)25-15-4-1-11-7-14(40(35,36)37)10-20(30)21(11)22(15)27-26-17-9-13(39(24,33)34)3-6-19(17)29/h1-10,25,28-30H,(H2,23,31,32)(H2,24,33,34)(H,35,36,37). The van der Waals surface area contributed by atoms with E-state index in [1.807, 2.05) is 0 Å². The Hall–Kier alpha value is -4.33. The summed E-state index contributed by atoms with van der Waals surface area (Å²) in [5.74, 6) is -1.60. The van der Waals surface area contributed by atoms with Gasteiger partial charge in [-0.3, -0.25) is 4.55 Å². The van der Waals surface area contributed by atoms with Crippen molar-refractivity contribution in [3.05, 3.63) is 60.7 Å². The molecule has 4 aromatic carbocycles. The predicted octanol–water partition coefficient (Wildman–Crippen LogP) is 2.66. The van der Waals surface area contributed by atoms with Gasteiger partial charge < -0.3 is 20.6 Å². The molecule has 0 saturated carbocycles. The molecule has 0 fully saturated rings. The molecule has 9 N–H and O–H groups in total. The molecule has 15 nitrogen and oxygen atoms in total. The molecule has 0 spiro atoms. The van der Waals surface area contributed by atoms with Gasteiger partial charge in [-0.05, 0) is 53.9 Å². The van der Waals surface area contributed by atoms with Crippen molar-refractivity contribution >= 4 is 63.7 Å². The van der Waals surface area contributed by atoms with Crippen molar-refractivity contribution in [2.24, 2.45) is 20.5 Å². The molecule has 0 bridgehead atoms. The number of benzene rings is 4. The van der Waals surface area contributed by atoms with Crippen molar-refractivity contribution in [1.82, 2.24) is 0 Å². The van der Waals surface area contributed by atoms with Crippen LogP contribution in [-0.4, -0.2) is 45.1 Å². The highest BCUT2D eigenvalue weighted by Gasteiger charge is 2.20. The first-order valence-corrected chi connectivity index (χ1v) is 15.2. The highest BCUT2D eigenvalue weighted by Crippen LogP contribution is 2.44. The summed E-state index contributed by atoms with van der Waals surface area (Å²) in [6.07, 6.45) is 0. The fraction of sp³-hybridized carbons (Fsp3) is 0. The van der Waals surface area contributed by atoms with E-state index in [1.165, 1.54) is 12.1 Å². The third-order valence-electron chi connectivity index (χ3n) is 5.44. The summed E-state index contributed by atoms with van der Waals surface area (Å²) in [6, 6.07) is 10.4. The Bertz CT molecular complexity index is 2050. The van der Waals surface area contributed by atoms with Crippen molar-refractivity contribution < 1.29 is 45.1 Å². The predicted molar refractivity (Wildman–Crippen MR) is 142 cm³/mol. The van der Waals surface area contributed by atoms with Crippen LogP contribution >= 0.6 is 0 Å². The Kier molecular flexibility index (Phi) is 7.17. The van der Waals surface area contributed by atoms with E-state index in [1.54, 1.807) is 0 Å². The van der Waals surface area contributed by atoms with Crippen molar-refractivity contribution in [3.8, 4) is 17.2 Å². The van der Waals surface area contributed by atoms with E-state index in [0.717, 1.165) is 48.5 Å². The Labute approximate surface area is 226 Å². The van der Waals surface area contributed by atoms with Gasteiger partial charge >= 0.3 is 0 Å². The van der Waals surface area contributed by atoms with Crippen molar-refractivity contribution in [2.75, 3.05) is 5.32 Å². The maximum atomic E-state index is 11.8.